The minimum absolute atomic E-state index is 0.104. The van der Waals surface area contributed by atoms with Crippen molar-refractivity contribution < 1.29 is 14.1 Å². The van der Waals surface area contributed by atoms with Gasteiger partial charge in [0.1, 0.15) is 12.0 Å². The number of hydrogen-bond acceptors (Lipinski definition) is 7. The molecule has 2 aromatic heterocycles. The van der Waals surface area contributed by atoms with Gasteiger partial charge in [-0.3, -0.25) is 4.79 Å². The Labute approximate surface area is 126 Å². The molecule has 4 heterocycles. The zero-order chi connectivity index (χ0) is 15.2. The van der Waals surface area contributed by atoms with E-state index in [0.29, 0.717) is 43.7 Å². The normalized spacial score (nSPS) is 27.1. The molecule has 2 saturated heterocycles. The van der Waals surface area contributed by atoms with Crippen molar-refractivity contribution in [2.75, 3.05) is 26.3 Å². The zero-order valence-electron chi connectivity index (χ0n) is 12.1. The SMILES string of the molecule is Cc1noc([C@@]23COC[C@@H]2CN(C(=O)c2ccncn2)C3)n1. The molecule has 0 aliphatic carbocycles. The van der Waals surface area contributed by atoms with Crippen LogP contribution in [0.1, 0.15) is 22.2 Å². The summed E-state index contributed by atoms with van der Waals surface area (Å²) in [7, 11) is 0. The lowest BCUT2D eigenvalue weighted by molar-refractivity contribution is 0.0730. The number of rotatable bonds is 2. The Morgan fingerprint density at radius 2 is 2.41 bits per heavy atom. The van der Waals surface area contributed by atoms with Gasteiger partial charge >= 0.3 is 0 Å². The first-order valence-electron chi connectivity index (χ1n) is 7.13. The van der Waals surface area contributed by atoms with Gasteiger partial charge in [0, 0.05) is 25.2 Å². The highest BCUT2D eigenvalue weighted by molar-refractivity contribution is 5.92. The molecule has 1 amide bonds. The summed E-state index contributed by atoms with van der Waals surface area (Å²) in [5.41, 5.74) is -0.00279. The number of ether oxygens (including phenoxy) is 1. The van der Waals surface area contributed by atoms with E-state index in [9.17, 15) is 4.79 Å². The average Bonchev–Trinajstić information content (AvgIpc) is 3.20. The molecule has 4 rings (SSSR count). The van der Waals surface area contributed by atoms with Crippen LogP contribution in [0, 0.1) is 12.8 Å². The second-order valence-corrected chi connectivity index (χ2v) is 5.80. The van der Waals surface area contributed by atoms with Crippen molar-refractivity contribution in [3.63, 3.8) is 0 Å². The van der Waals surface area contributed by atoms with Gasteiger partial charge in [-0.05, 0) is 13.0 Å². The van der Waals surface area contributed by atoms with Crippen molar-refractivity contribution in [1.82, 2.24) is 25.0 Å². The minimum Gasteiger partial charge on any atom is -0.380 e. The van der Waals surface area contributed by atoms with Crippen molar-refractivity contribution in [1.29, 1.82) is 0 Å². The Morgan fingerprint density at radius 1 is 1.50 bits per heavy atom. The Balaban J connectivity index is 1.64. The first-order chi connectivity index (χ1) is 10.7. The summed E-state index contributed by atoms with van der Waals surface area (Å²) in [6, 6.07) is 1.62. The molecule has 2 aliphatic heterocycles. The first kappa shape index (κ1) is 13.3. The number of nitrogens with zero attached hydrogens (tertiary/aromatic N) is 5. The number of likely N-dealkylation sites (tertiary alicyclic amines) is 1. The van der Waals surface area contributed by atoms with Crippen LogP contribution < -0.4 is 0 Å². The molecule has 0 N–H and O–H groups in total. The number of aromatic nitrogens is 4. The first-order valence-corrected chi connectivity index (χ1v) is 7.13. The lowest BCUT2D eigenvalue weighted by Crippen LogP contribution is -2.37. The maximum absolute atomic E-state index is 12.6. The highest BCUT2D eigenvalue weighted by atomic mass is 16.5. The van der Waals surface area contributed by atoms with Gasteiger partial charge < -0.3 is 14.2 Å². The van der Waals surface area contributed by atoms with E-state index in [0.717, 1.165) is 0 Å². The standard InChI is InChI=1S/C14H15N5O3/c1-9-17-13(22-18-9)14-6-19(4-10(14)5-21-7-14)12(20)11-2-3-15-8-16-11/h2-3,8,10H,4-7H2,1H3/t10-,14-/m0/s1. The van der Waals surface area contributed by atoms with Gasteiger partial charge in [-0.25, -0.2) is 9.97 Å². The molecule has 0 aromatic carbocycles. The van der Waals surface area contributed by atoms with Gasteiger partial charge in [-0.1, -0.05) is 5.16 Å². The molecule has 22 heavy (non-hydrogen) atoms. The highest BCUT2D eigenvalue weighted by Crippen LogP contribution is 2.43. The monoisotopic (exact) mass is 301 g/mol. The van der Waals surface area contributed by atoms with Crippen LogP contribution in [-0.4, -0.2) is 57.2 Å². The minimum atomic E-state index is -0.399. The fourth-order valence-corrected chi connectivity index (χ4v) is 3.27. The third kappa shape index (κ3) is 1.91. The maximum atomic E-state index is 12.6. The molecule has 0 radical (unpaired) electrons. The summed E-state index contributed by atoms with van der Waals surface area (Å²) in [6.45, 7) is 3.97. The van der Waals surface area contributed by atoms with Gasteiger partial charge in [0.25, 0.3) is 5.91 Å². The Hall–Kier alpha value is -2.35. The molecule has 8 heteroatoms. The summed E-state index contributed by atoms with van der Waals surface area (Å²) < 4.78 is 11.0. The molecule has 2 aromatic rings. The number of carbonyl (C=O) groups excluding carboxylic acids is 1. The molecule has 114 valence electrons. The van der Waals surface area contributed by atoms with Crippen LogP contribution in [0.3, 0.4) is 0 Å². The number of aryl methyl sites for hydroxylation is 1. The van der Waals surface area contributed by atoms with Crippen LogP contribution in [0.5, 0.6) is 0 Å². The van der Waals surface area contributed by atoms with Crippen molar-refractivity contribution >= 4 is 5.91 Å². The molecule has 0 saturated carbocycles. The van der Waals surface area contributed by atoms with Gasteiger partial charge in [-0.2, -0.15) is 4.98 Å². The third-order valence-corrected chi connectivity index (χ3v) is 4.42. The van der Waals surface area contributed by atoms with Gasteiger partial charge in [0.05, 0.1) is 18.6 Å². The zero-order valence-corrected chi connectivity index (χ0v) is 12.1. The van der Waals surface area contributed by atoms with Crippen LogP contribution in [0.25, 0.3) is 0 Å². The molecule has 0 spiro atoms. The molecular formula is C14H15N5O3. The van der Waals surface area contributed by atoms with Crippen LogP contribution in [0.2, 0.25) is 0 Å². The second-order valence-electron chi connectivity index (χ2n) is 5.80. The van der Waals surface area contributed by atoms with Crippen LogP contribution in [0.4, 0.5) is 0 Å². The van der Waals surface area contributed by atoms with E-state index in [1.807, 2.05) is 0 Å². The third-order valence-electron chi connectivity index (χ3n) is 4.42. The smallest absolute Gasteiger partial charge is 0.272 e. The van der Waals surface area contributed by atoms with Crippen molar-refractivity contribution in [3.8, 4) is 0 Å². The lowest BCUT2D eigenvalue weighted by atomic mass is 9.81. The molecular weight excluding hydrogens is 286 g/mol. The van der Waals surface area contributed by atoms with E-state index in [1.54, 1.807) is 24.1 Å². The summed E-state index contributed by atoms with van der Waals surface area (Å²) >= 11 is 0. The van der Waals surface area contributed by atoms with Crippen LogP contribution in [-0.2, 0) is 10.2 Å². The Bertz CT molecular complexity index is 704. The van der Waals surface area contributed by atoms with Gasteiger partial charge in [-0.15, -0.1) is 0 Å². The average molecular weight is 301 g/mol. The fraction of sp³-hybridized carbons (Fsp3) is 0.500. The van der Waals surface area contributed by atoms with Crippen molar-refractivity contribution in [3.05, 3.63) is 36.0 Å². The summed E-state index contributed by atoms with van der Waals surface area (Å²) in [6.07, 6.45) is 2.95. The van der Waals surface area contributed by atoms with Gasteiger partial charge in [0.2, 0.25) is 5.89 Å². The predicted octanol–water partition coefficient (Wildman–Crippen LogP) is 0.208. The Morgan fingerprint density at radius 3 is 3.14 bits per heavy atom. The molecule has 0 unspecified atom stereocenters. The van der Waals surface area contributed by atoms with E-state index in [4.69, 9.17) is 9.26 Å². The van der Waals surface area contributed by atoms with Crippen LogP contribution in [0.15, 0.2) is 23.1 Å². The molecule has 2 fully saturated rings. The molecule has 2 atom stereocenters. The van der Waals surface area contributed by atoms with E-state index in [-0.39, 0.29) is 11.8 Å². The van der Waals surface area contributed by atoms with E-state index in [1.165, 1.54) is 6.33 Å². The molecule has 8 nitrogen and oxygen atoms in total. The lowest BCUT2D eigenvalue weighted by Gasteiger charge is -2.22. The number of carbonyl (C=O) groups is 1. The van der Waals surface area contributed by atoms with E-state index >= 15 is 0 Å². The van der Waals surface area contributed by atoms with Crippen LogP contribution >= 0.6 is 0 Å². The van der Waals surface area contributed by atoms with Gasteiger partial charge in [0.15, 0.2) is 5.82 Å². The summed E-state index contributed by atoms with van der Waals surface area (Å²) in [5, 5.41) is 3.88. The molecule has 2 aliphatic rings. The predicted molar refractivity (Wildman–Crippen MR) is 73.0 cm³/mol. The second kappa shape index (κ2) is 4.84. The summed E-state index contributed by atoms with van der Waals surface area (Å²) in [5.74, 6) is 1.21. The van der Waals surface area contributed by atoms with Crippen molar-refractivity contribution in [2.24, 2.45) is 5.92 Å². The quantitative estimate of drug-likeness (QED) is 0.782. The van der Waals surface area contributed by atoms with E-state index < -0.39 is 5.41 Å². The topological polar surface area (TPSA) is 94.2 Å². The van der Waals surface area contributed by atoms with E-state index in [2.05, 4.69) is 20.1 Å². The largest absolute Gasteiger partial charge is 0.380 e. The van der Waals surface area contributed by atoms with Crippen molar-refractivity contribution in [2.45, 2.75) is 12.3 Å². The molecule has 0 bridgehead atoms. The maximum Gasteiger partial charge on any atom is 0.272 e. The summed E-state index contributed by atoms with van der Waals surface area (Å²) in [4.78, 5) is 26.6. The number of hydrogen-bond donors (Lipinski definition) is 0. The number of fused-ring (bicyclic) bond motifs is 1. The highest BCUT2D eigenvalue weighted by Gasteiger charge is 2.56. The fourth-order valence-electron chi connectivity index (χ4n) is 3.27. The Kier molecular flexibility index (Phi) is 2.93. The number of amides is 1.